The molecule has 0 bridgehead atoms. The summed E-state index contributed by atoms with van der Waals surface area (Å²) >= 11 is 0. The molecule has 2 nitrogen and oxygen atoms in total. The fraction of sp³-hybridized carbons (Fsp3) is 0.708. The van der Waals surface area contributed by atoms with Crippen molar-refractivity contribution in [1.82, 2.24) is 0 Å². The number of carboxylic acid groups (broad SMARTS) is 1. The van der Waals surface area contributed by atoms with Crippen molar-refractivity contribution in [3.63, 3.8) is 0 Å². The first-order valence-corrected chi connectivity index (χ1v) is 11.0. The Kier molecular flexibility index (Phi) is 7.16. The zero-order valence-corrected chi connectivity index (χ0v) is 16.5. The predicted molar refractivity (Wildman–Crippen MR) is 108 cm³/mol. The molecule has 1 N–H and O–H groups in total. The normalized spacial score (nSPS) is 29.4. The first-order valence-electron chi connectivity index (χ1n) is 11.0. The third kappa shape index (κ3) is 5.11. The summed E-state index contributed by atoms with van der Waals surface area (Å²) in [7, 11) is 0. The molecule has 0 aromatic heterocycles. The van der Waals surface area contributed by atoms with Crippen LogP contribution in [0.5, 0.6) is 0 Å². The smallest absolute Gasteiger partial charge is 0.335 e. The second-order valence-corrected chi connectivity index (χ2v) is 8.82. The number of carboxylic acids is 1. The van der Waals surface area contributed by atoms with Gasteiger partial charge < -0.3 is 5.11 Å². The van der Waals surface area contributed by atoms with Crippen LogP contribution in [0.1, 0.15) is 106 Å². The van der Waals surface area contributed by atoms with Crippen LogP contribution in [0, 0.1) is 17.8 Å². The molecular weight excluding hydrogens is 320 g/mol. The Morgan fingerprint density at radius 3 is 2.00 bits per heavy atom. The van der Waals surface area contributed by atoms with E-state index in [-0.39, 0.29) is 0 Å². The van der Waals surface area contributed by atoms with Gasteiger partial charge in [-0.05, 0) is 79.9 Å². The Morgan fingerprint density at radius 1 is 0.885 bits per heavy atom. The van der Waals surface area contributed by atoms with E-state index in [2.05, 4.69) is 6.92 Å². The van der Waals surface area contributed by atoms with E-state index in [0.717, 1.165) is 17.8 Å². The fourth-order valence-electron chi connectivity index (χ4n) is 5.45. The lowest BCUT2D eigenvalue weighted by atomic mass is 9.68. The Morgan fingerprint density at radius 2 is 1.46 bits per heavy atom. The van der Waals surface area contributed by atoms with Crippen LogP contribution >= 0.6 is 0 Å². The molecule has 0 radical (unpaired) electrons. The highest BCUT2D eigenvalue weighted by atomic mass is 16.4. The number of unbranched alkanes of at least 4 members (excludes halogenated alkanes) is 2. The molecular formula is C24H36O2. The quantitative estimate of drug-likeness (QED) is 0.532. The minimum atomic E-state index is -0.828. The van der Waals surface area contributed by atoms with Crippen LogP contribution < -0.4 is 0 Å². The van der Waals surface area contributed by atoms with Crippen LogP contribution in [0.15, 0.2) is 24.3 Å². The van der Waals surface area contributed by atoms with Gasteiger partial charge in [0.05, 0.1) is 5.56 Å². The Hall–Kier alpha value is -1.31. The number of hydrogen-bond acceptors (Lipinski definition) is 1. The minimum Gasteiger partial charge on any atom is -0.478 e. The highest BCUT2D eigenvalue weighted by Crippen LogP contribution is 2.44. The summed E-state index contributed by atoms with van der Waals surface area (Å²) in [6, 6.07) is 7.61. The Balaban J connectivity index is 1.42. The van der Waals surface area contributed by atoms with Crippen molar-refractivity contribution in [2.75, 3.05) is 0 Å². The molecule has 0 saturated heterocycles. The second-order valence-electron chi connectivity index (χ2n) is 8.82. The van der Waals surface area contributed by atoms with Crippen molar-refractivity contribution in [1.29, 1.82) is 0 Å². The van der Waals surface area contributed by atoms with Crippen molar-refractivity contribution in [3.05, 3.63) is 35.4 Å². The lowest BCUT2D eigenvalue weighted by Crippen LogP contribution is -2.25. The molecule has 26 heavy (non-hydrogen) atoms. The average molecular weight is 357 g/mol. The van der Waals surface area contributed by atoms with Crippen molar-refractivity contribution < 1.29 is 9.90 Å². The molecule has 2 fully saturated rings. The first kappa shape index (κ1) is 19.5. The van der Waals surface area contributed by atoms with E-state index in [9.17, 15) is 4.79 Å². The molecule has 1 aromatic rings. The van der Waals surface area contributed by atoms with Gasteiger partial charge in [-0.2, -0.15) is 0 Å². The lowest BCUT2D eigenvalue weighted by molar-refractivity contribution is 0.0697. The molecule has 0 aliphatic heterocycles. The molecule has 2 aliphatic rings. The summed E-state index contributed by atoms with van der Waals surface area (Å²) in [6.07, 6.45) is 16.9. The maximum absolute atomic E-state index is 11.0. The van der Waals surface area contributed by atoms with Crippen LogP contribution in [0.2, 0.25) is 0 Å². The molecule has 0 atom stereocenters. The molecule has 2 saturated carbocycles. The fourth-order valence-corrected chi connectivity index (χ4v) is 5.45. The molecule has 3 rings (SSSR count). The minimum absolute atomic E-state index is 0.401. The third-order valence-electron chi connectivity index (χ3n) is 7.17. The molecule has 2 heteroatoms. The van der Waals surface area contributed by atoms with Crippen LogP contribution in [0.4, 0.5) is 0 Å². The van der Waals surface area contributed by atoms with Crippen molar-refractivity contribution in [3.8, 4) is 0 Å². The summed E-state index contributed by atoms with van der Waals surface area (Å²) in [5.74, 6) is 2.75. The lowest BCUT2D eigenvalue weighted by Gasteiger charge is -2.38. The number of rotatable bonds is 7. The number of aromatic carboxylic acids is 1. The van der Waals surface area contributed by atoms with E-state index in [1.807, 2.05) is 12.1 Å². The second kappa shape index (κ2) is 9.58. The van der Waals surface area contributed by atoms with Gasteiger partial charge in [-0.3, -0.25) is 0 Å². The van der Waals surface area contributed by atoms with Crippen LogP contribution in [-0.2, 0) is 0 Å². The van der Waals surface area contributed by atoms with Crippen molar-refractivity contribution >= 4 is 5.97 Å². The SMILES string of the molecule is CCCCCC1CCC(C2CCC(c3ccc(C(=O)O)cc3)CC2)CC1. The van der Waals surface area contributed by atoms with Gasteiger partial charge in [0.1, 0.15) is 0 Å². The molecule has 0 unspecified atom stereocenters. The zero-order chi connectivity index (χ0) is 18.4. The summed E-state index contributed by atoms with van der Waals surface area (Å²) < 4.78 is 0. The van der Waals surface area contributed by atoms with E-state index in [1.165, 1.54) is 82.6 Å². The predicted octanol–water partition coefficient (Wildman–Crippen LogP) is 7.05. The number of benzene rings is 1. The topological polar surface area (TPSA) is 37.3 Å². The summed E-state index contributed by atoms with van der Waals surface area (Å²) in [4.78, 5) is 11.0. The maximum Gasteiger partial charge on any atom is 0.335 e. The molecule has 0 amide bonds. The summed E-state index contributed by atoms with van der Waals surface area (Å²) in [6.45, 7) is 2.30. The van der Waals surface area contributed by atoms with Gasteiger partial charge in [0, 0.05) is 0 Å². The van der Waals surface area contributed by atoms with E-state index in [1.54, 1.807) is 12.1 Å². The highest BCUT2D eigenvalue weighted by Gasteiger charge is 2.31. The van der Waals surface area contributed by atoms with Crippen LogP contribution in [0.25, 0.3) is 0 Å². The maximum atomic E-state index is 11.0. The van der Waals surface area contributed by atoms with Crippen LogP contribution in [0.3, 0.4) is 0 Å². The summed E-state index contributed by atoms with van der Waals surface area (Å²) in [5.41, 5.74) is 1.74. The van der Waals surface area contributed by atoms with Gasteiger partial charge in [-0.25, -0.2) is 4.79 Å². The van der Waals surface area contributed by atoms with E-state index in [0.29, 0.717) is 11.5 Å². The average Bonchev–Trinajstić information content (AvgIpc) is 2.69. The monoisotopic (exact) mass is 356 g/mol. The van der Waals surface area contributed by atoms with Gasteiger partial charge in [-0.1, -0.05) is 57.6 Å². The Bertz CT molecular complexity index is 546. The van der Waals surface area contributed by atoms with E-state index in [4.69, 9.17) is 5.11 Å². The van der Waals surface area contributed by atoms with Gasteiger partial charge in [0.25, 0.3) is 0 Å². The standard InChI is InChI=1S/C24H36O2/c1-2-3-4-5-18-6-8-19(9-7-18)20-10-12-21(13-11-20)22-14-16-23(17-15-22)24(25)26/h14-21H,2-13H2,1H3,(H,25,26). The highest BCUT2D eigenvalue weighted by molar-refractivity contribution is 5.87. The third-order valence-corrected chi connectivity index (χ3v) is 7.17. The molecule has 2 aliphatic carbocycles. The summed E-state index contributed by atoms with van der Waals surface area (Å²) in [5, 5.41) is 9.04. The van der Waals surface area contributed by atoms with Gasteiger partial charge in [0.2, 0.25) is 0 Å². The van der Waals surface area contributed by atoms with Crippen molar-refractivity contribution in [2.24, 2.45) is 17.8 Å². The molecule has 0 heterocycles. The number of carbonyl (C=O) groups is 1. The molecule has 1 aromatic carbocycles. The Labute approximate surface area is 159 Å². The van der Waals surface area contributed by atoms with Crippen molar-refractivity contribution in [2.45, 2.75) is 89.9 Å². The van der Waals surface area contributed by atoms with Gasteiger partial charge in [0.15, 0.2) is 0 Å². The zero-order valence-electron chi connectivity index (χ0n) is 16.5. The van der Waals surface area contributed by atoms with Gasteiger partial charge >= 0.3 is 5.97 Å². The van der Waals surface area contributed by atoms with E-state index < -0.39 is 5.97 Å². The largest absolute Gasteiger partial charge is 0.478 e. The molecule has 0 spiro atoms. The first-order chi connectivity index (χ1) is 12.7. The van der Waals surface area contributed by atoms with E-state index >= 15 is 0 Å². The van der Waals surface area contributed by atoms with Gasteiger partial charge in [-0.15, -0.1) is 0 Å². The number of hydrogen-bond donors (Lipinski definition) is 1. The molecule has 144 valence electrons. The van der Waals surface area contributed by atoms with Crippen LogP contribution in [-0.4, -0.2) is 11.1 Å².